The van der Waals surface area contributed by atoms with Crippen LogP contribution < -0.4 is 0 Å². The Balaban J connectivity index is 3.63. The van der Waals surface area contributed by atoms with Crippen molar-refractivity contribution in [1.82, 2.24) is 0 Å². The van der Waals surface area contributed by atoms with Crippen LogP contribution in [0.1, 0.15) is 118 Å². The number of unbranched alkanes of at least 4 members (excludes halogenated alkanes) is 5. The minimum Gasteiger partial charge on any atom is -0.465 e. The number of hydrogen-bond acceptors (Lipinski definition) is 4. The minimum absolute atomic E-state index is 0.0768. The van der Waals surface area contributed by atoms with Crippen molar-refractivity contribution in [3.05, 3.63) is 0 Å². The molecule has 0 radical (unpaired) electrons. The van der Waals surface area contributed by atoms with Gasteiger partial charge in [-0.2, -0.15) is 0 Å². The predicted octanol–water partition coefficient (Wildman–Crippen LogP) is 6.85. The van der Waals surface area contributed by atoms with Crippen LogP contribution in [0.4, 0.5) is 0 Å². The molecule has 0 fully saturated rings. The van der Waals surface area contributed by atoms with Gasteiger partial charge < -0.3 is 9.47 Å². The third kappa shape index (κ3) is 15.9. The Morgan fingerprint density at radius 2 is 1.00 bits per heavy atom. The van der Waals surface area contributed by atoms with Gasteiger partial charge in [0.05, 0.1) is 13.2 Å². The second-order valence-electron chi connectivity index (χ2n) is 8.11. The molecule has 0 aliphatic rings. The van der Waals surface area contributed by atoms with E-state index in [1.54, 1.807) is 0 Å². The number of esters is 2. The van der Waals surface area contributed by atoms with Crippen molar-refractivity contribution in [2.24, 2.45) is 11.8 Å². The summed E-state index contributed by atoms with van der Waals surface area (Å²) in [7, 11) is 0. The van der Waals surface area contributed by atoms with E-state index in [0.717, 1.165) is 51.4 Å². The third-order valence-electron chi connectivity index (χ3n) is 5.56. The maximum absolute atomic E-state index is 11.8. The summed E-state index contributed by atoms with van der Waals surface area (Å²) < 4.78 is 10.8. The molecule has 0 saturated carbocycles. The van der Waals surface area contributed by atoms with Crippen molar-refractivity contribution in [2.45, 2.75) is 118 Å². The first-order valence-electron chi connectivity index (χ1n) is 11.9. The van der Waals surface area contributed by atoms with Crippen molar-refractivity contribution in [3.63, 3.8) is 0 Å². The van der Waals surface area contributed by atoms with Crippen LogP contribution in [0.3, 0.4) is 0 Å². The van der Waals surface area contributed by atoms with E-state index in [0.29, 0.717) is 37.9 Å². The first kappa shape index (κ1) is 26.9. The summed E-state index contributed by atoms with van der Waals surface area (Å²) in [5, 5.41) is 0. The average molecular weight is 399 g/mol. The van der Waals surface area contributed by atoms with Gasteiger partial charge in [0.25, 0.3) is 0 Å². The van der Waals surface area contributed by atoms with Crippen molar-refractivity contribution in [1.29, 1.82) is 0 Å². The van der Waals surface area contributed by atoms with E-state index >= 15 is 0 Å². The van der Waals surface area contributed by atoms with Crippen LogP contribution in [0.2, 0.25) is 0 Å². The molecule has 166 valence electrons. The number of carbonyl (C=O) groups excluding carboxylic acids is 2. The fraction of sp³-hybridized carbons (Fsp3) is 0.917. The van der Waals surface area contributed by atoms with Crippen LogP contribution in [-0.4, -0.2) is 25.2 Å². The molecule has 0 aliphatic carbocycles. The molecule has 0 unspecified atom stereocenters. The fourth-order valence-corrected chi connectivity index (χ4v) is 3.25. The molecule has 4 nitrogen and oxygen atoms in total. The highest BCUT2D eigenvalue weighted by Crippen LogP contribution is 2.15. The lowest BCUT2D eigenvalue weighted by molar-refractivity contribution is -0.146. The molecule has 0 amide bonds. The van der Waals surface area contributed by atoms with Gasteiger partial charge in [-0.25, -0.2) is 0 Å². The molecule has 0 aromatic carbocycles. The Kier molecular flexibility index (Phi) is 18.5. The fourth-order valence-electron chi connectivity index (χ4n) is 3.25. The van der Waals surface area contributed by atoms with E-state index in [4.69, 9.17) is 9.47 Å². The first-order valence-corrected chi connectivity index (χ1v) is 11.9. The second-order valence-corrected chi connectivity index (χ2v) is 8.11. The summed E-state index contributed by atoms with van der Waals surface area (Å²) in [6, 6.07) is 0. The van der Waals surface area contributed by atoms with Crippen LogP contribution in [0, 0.1) is 11.8 Å². The first-order chi connectivity index (χ1) is 13.6. The van der Waals surface area contributed by atoms with Gasteiger partial charge in [0.2, 0.25) is 0 Å². The molecule has 0 aliphatic heterocycles. The van der Waals surface area contributed by atoms with E-state index in [9.17, 15) is 9.59 Å². The summed E-state index contributed by atoms with van der Waals surface area (Å²) in [5.74, 6) is 0.854. The SMILES string of the molecule is CCCC[C@@H](CC)COC(=O)CCCCCCC(=O)OC[C@H](CC)CCCC. The normalized spacial score (nSPS) is 13.1. The van der Waals surface area contributed by atoms with Gasteiger partial charge in [-0.15, -0.1) is 0 Å². The maximum atomic E-state index is 11.8. The van der Waals surface area contributed by atoms with Crippen LogP contribution in [0.25, 0.3) is 0 Å². The summed E-state index contributed by atoms with van der Waals surface area (Å²) in [6.07, 6.45) is 13.8. The lowest BCUT2D eigenvalue weighted by Crippen LogP contribution is -2.14. The molecule has 28 heavy (non-hydrogen) atoms. The third-order valence-corrected chi connectivity index (χ3v) is 5.56. The minimum atomic E-state index is -0.0768. The molecule has 0 heterocycles. The van der Waals surface area contributed by atoms with Gasteiger partial charge in [-0.1, -0.05) is 79.1 Å². The molecule has 4 heteroatoms. The zero-order chi connectivity index (χ0) is 21.0. The predicted molar refractivity (Wildman–Crippen MR) is 116 cm³/mol. The van der Waals surface area contributed by atoms with Crippen LogP contribution in [0.15, 0.2) is 0 Å². The summed E-state index contributed by atoms with van der Waals surface area (Å²) >= 11 is 0. The van der Waals surface area contributed by atoms with E-state index < -0.39 is 0 Å². The van der Waals surface area contributed by atoms with E-state index in [2.05, 4.69) is 27.7 Å². The largest absolute Gasteiger partial charge is 0.465 e. The number of carbonyl (C=O) groups is 2. The maximum Gasteiger partial charge on any atom is 0.305 e. The molecule has 0 spiro atoms. The van der Waals surface area contributed by atoms with Gasteiger partial charge in [-0.3, -0.25) is 9.59 Å². The zero-order valence-electron chi connectivity index (χ0n) is 19.1. The number of rotatable bonds is 19. The van der Waals surface area contributed by atoms with Crippen LogP contribution in [0.5, 0.6) is 0 Å². The molecule has 0 saturated heterocycles. The Hall–Kier alpha value is -1.06. The van der Waals surface area contributed by atoms with Gasteiger partial charge in [0, 0.05) is 12.8 Å². The Bertz CT molecular complexity index is 345. The van der Waals surface area contributed by atoms with Crippen LogP contribution >= 0.6 is 0 Å². The number of hydrogen-bond donors (Lipinski definition) is 0. The molecule has 0 rings (SSSR count). The molecule has 0 N–H and O–H groups in total. The van der Waals surface area contributed by atoms with E-state index in [-0.39, 0.29) is 11.9 Å². The summed E-state index contributed by atoms with van der Waals surface area (Å²) in [4.78, 5) is 23.7. The Labute approximate surface area is 174 Å². The smallest absolute Gasteiger partial charge is 0.305 e. The zero-order valence-corrected chi connectivity index (χ0v) is 19.1. The molecule has 0 bridgehead atoms. The van der Waals surface area contributed by atoms with Crippen molar-refractivity contribution in [3.8, 4) is 0 Å². The Morgan fingerprint density at radius 3 is 1.32 bits per heavy atom. The molecule has 0 aromatic rings. The molecular weight excluding hydrogens is 352 g/mol. The lowest BCUT2D eigenvalue weighted by Gasteiger charge is -2.14. The highest BCUT2D eigenvalue weighted by atomic mass is 16.5. The highest BCUT2D eigenvalue weighted by molar-refractivity contribution is 5.69. The Morgan fingerprint density at radius 1 is 0.607 bits per heavy atom. The van der Waals surface area contributed by atoms with Crippen molar-refractivity contribution < 1.29 is 19.1 Å². The molecule has 2 atom stereocenters. The van der Waals surface area contributed by atoms with Gasteiger partial charge in [0.15, 0.2) is 0 Å². The number of ether oxygens (including phenoxy) is 2. The quantitative estimate of drug-likeness (QED) is 0.176. The van der Waals surface area contributed by atoms with Gasteiger partial charge in [-0.05, 0) is 37.5 Å². The van der Waals surface area contributed by atoms with Gasteiger partial charge in [0.1, 0.15) is 0 Å². The van der Waals surface area contributed by atoms with Gasteiger partial charge >= 0.3 is 11.9 Å². The summed E-state index contributed by atoms with van der Waals surface area (Å²) in [5.41, 5.74) is 0. The van der Waals surface area contributed by atoms with Crippen molar-refractivity contribution >= 4 is 11.9 Å². The molecular formula is C24H46O4. The summed E-state index contributed by atoms with van der Waals surface area (Å²) in [6.45, 7) is 9.83. The second kappa shape index (κ2) is 19.3. The molecule has 0 aromatic heterocycles. The van der Waals surface area contributed by atoms with Crippen LogP contribution in [-0.2, 0) is 19.1 Å². The lowest BCUT2D eigenvalue weighted by atomic mass is 10.0. The monoisotopic (exact) mass is 398 g/mol. The van der Waals surface area contributed by atoms with Crippen molar-refractivity contribution in [2.75, 3.05) is 13.2 Å². The topological polar surface area (TPSA) is 52.6 Å². The van der Waals surface area contributed by atoms with E-state index in [1.807, 2.05) is 0 Å². The van der Waals surface area contributed by atoms with E-state index in [1.165, 1.54) is 25.7 Å². The highest BCUT2D eigenvalue weighted by Gasteiger charge is 2.11. The standard InChI is InChI=1S/C24H46O4/c1-5-9-15-21(7-3)19-27-23(25)17-13-11-12-14-18-24(26)28-20-22(8-4)16-10-6-2/h21-22H,5-20H2,1-4H3/t21-,22-/m1/s1. The average Bonchev–Trinajstić information content (AvgIpc) is 2.70.